The van der Waals surface area contributed by atoms with Crippen LogP contribution in [-0.2, 0) is 4.79 Å². The molecule has 1 rings (SSSR count). The van der Waals surface area contributed by atoms with E-state index in [9.17, 15) is 4.79 Å². The molecule has 0 atom stereocenters. The van der Waals surface area contributed by atoms with E-state index in [-0.39, 0.29) is 5.75 Å². The summed E-state index contributed by atoms with van der Waals surface area (Å²) in [7, 11) is 1.47. The predicted octanol–water partition coefficient (Wildman–Crippen LogP) is 0.238. The van der Waals surface area contributed by atoms with Crippen LogP contribution in [0.25, 0.3) is 0 Å². The number of hydrogen-bond donors (Lipinski definition) is 2. The van der Waals surface area contributed by atoms with Crippen LogP contribution in [0.5, 0.6) is 11.5 Å². The fourth-order valence-corrected chi connectivity index (χ4v) is 0.923. The summed E-state index contributed by atoms with van der Waals surface area (Å²) in [6.07, 6.45) is 0. The zero-order valence-electron chi connectivity index (χ0n) is 7.57. The van der Waals surface area contributed by atoms with Gasteiger partial charge in [0.15, 0.2) is 0 Å². The topological polar surface area (TPSA) is 72.6 Å². The van der Waals surface area contributed by atoms with E-state index in [0.717, 1.165) is 0 Å². The molecule has 0 spiro atoms. The van der Waals surface area contributed by atoms with Crippen molar-refractivity contribution in [3.63, 3.8) is 0 Å². The van der Waals surface area contributed by atoms with Crippen molar-refractivity contribution in [2.24, 2.45) is 5.73 Å². The van der Waals surface area contributed by atoms with Gasteiger partial charge in [-0.15, -0.1) is 0 Å². The van der Waals surface area contributed by atoms with E-state index >= 15 is 0 Å². The molecule has 0 aliphatic rings. The molecule has 1 aromatic carbocycles. The molecular formula is C10H9NO3. The number of nitrogens with two attached hydrogens (primary N) is 1. The van der Waals surface area contributed by atoms with Gasteiger partial charge in [-0.1, -0.05) is 5.92 Å². The number of ether oxygens (including phenoxy) is 1. The summed E-state index contributed by atoms with van der Waals surface area (Å²) in [5, 5.41) is 9.16. The molecule has 72 valence electrons. The molecule has 0 unspecified atom stereocenters. The summed E-state index contributed by atoms with van der Waals surface area (Å²) in [4.78, 5) is 10.4. The summed E-state index contributed by atoms with van der Waals surface area (Å²) in [5.74, 6) is 4.47. The Labute approximate surface area is 81.3 Å². The molecule has 3 N–H and O–H groups in total. The van der Waals surface area contributed by atoms with Crippen LogP contribution in [-0.4, -0.2) is 18.1 Å². The quantitative estimate of drug-likeness (QED) is 0.624. The van der Waals surface area contributed by atoms with Crippen LogP contribution in [0.2, 0.25) is 0 Å². The summed E-state index contributed by atoms with van der Waals surface area (Å²) >= 11 is 0. The molecule has 4 heteroatoms. The second-order valence-corrected chi connectivity index (χ2v) is 2.50. The van der Waals surface area contributed by atoms with Gasteiger partial charge in [0.25, 0.3) is 5.91 Å². The van der Waals surface area contributed by atoms with Crippen molar-refractivity contribution in [2.45, 2.75) is 0 Å². The second kappa shape index (κ2) is 4.19. The average Bonchev–Trinajstić information content (AvgIpc) is 2.15. The highest BCUT2D eigenvalue weighted by Gasteiger charge is 2.00. The Morgan fingerprint density at radius 1 is 1.57 bits per heavy atom. The van der Waals surface area contributed by atoms with Gasteiger partial charge in [0.05, 0.1) is 12.7 Å². The molecule has 0 aliphatic heterocycles. The number of amides is 1. The van der Waals surface area contributed by atoms with Gasteiger partial charge in [-0.25, -0.2) is 0 Å². The van der Waals surface area contributed by atoms with E-state index in [4.69, 9.17) is 15.6 Å². The summed E-state index contributed by atoms with van der Waals surface area (Å²) in [6, 6.07) is 4.42. The Morgan fingerprint density at radius 3 is 2.86 bits per heavy atom. The van der Waals surface area contributed by atoms with Crippen molar-refractivity contribution < 1.29 is 14.6 Å². The lowest BCUT2D eigenvalue weighted by Gasteiger charge is -2.02. The minimum atomic E-state index is -0.726. The third-order valence-corrected chi connectivity index (χ3v) is 1.50. The molecule has 1 aromatic rings. The minimum Gasteiger partial charge on any atom is -0.508 e. The predicted molar refractivity (Wildman–Crippen MR) is 50.7 cm³/mol. The zero-order valence-corrected chi connectivity index (χ0v) is 7.57. The first kappa shape index (κ1) is 9.93. The molecule has 4 nitrogen and oxygen atoms in total. The first-order valence-corrected chi connectivity index (χ1v) is 3.82. The molecule has 0 saturated carbocycles. The fourth-order valence-electron chi connectivity index (χ4n) is 0.923. The molecular weight excluding hydrogens is 182 g/mol. The Balaban J connectivity index is 3.13. The van der Waals surface area contributed by atoms with E-state index in [1.807, 2.05) is 0 Å². The number of rotatable bonds is 1. The molecule has 0 saturated heterocycles. The lowest BCUT2D eigenvalue weighted by atomic mass is 10.2. The van der Waals surface area contributed by atoms with Crippen molar-refractivity contribution in [3.05, 3.63) is 23.8 Å². The first-order valence-electron chi connectivity index (χ1n) is 3.82. The maximum absolute atomic E-state index is 10.4. The average molecular weight is 191 g/mol. The van der Waals surface area contributed by atoms with E-state index in [1.54, 1.807) is 6.07 Å². The van der Waals surface area contributed by atoms with Crippen molar-refractivity contribution in [2.75, 3.05) is 7.11 Å². The summed E-state index contributed by atoms with van der Waals surface area (Å²) < 4.78 is 4.97. The highest BCUT2D eigenvalue weighted by Crippen LogP contribution is 2.21. The van der Waals surface area contributed by atoms with Gasteiger partial charge in [-0.3, -0.25) is 4.79 Å². The maximum Gasteiger partial charge on any atom is 0.293 e. The smallest absolute Gasteiger partial charge is 0.293 e. The number of carbonyl (C=O) groups is 1. The second-order valence-electron chi connectivity index (χ2n) is 2.50. The molecule has 0 heterocycles. The van der Waals surface area contributed by atoms with Crippen molar-refractivity contribution in [3.8, 4) is 23.3 Å². The lowest BCUT2D eigenvalue weighted by Crippen LogP contribution is -2.06. The van der Waals surface area contributed by atoms with Gasteiger partial charge in [-0.05, 0) is 18.2 Å². The van der Waals surface area contributed by atoms with Crippen LogP contribution in [0.1, 0.15) is 5.56 Å². The molecule has 1 amide bonds. The van der Waals surface area contributed by atoms with Crippen molar-refractivity contribution >= 4 is 5.91 Å². The van der Waals surface area contributed by atoms with Crippen LogP contribution in [0, 0.1) is 11.8 Å². The minimum absolute atomic E-state index is 0.0552. The largest absolute Gasteiger partial charge is 0.508 e. The highest BCUT2D eigenvalue weighted by molar-refractivity contribution is 5.92. The molecule has 0 aliphatic carbocycles. The number of benzene rings is 1. The summed E-state index contributed by atoms with van der Waals surface area (Å²) in [5.41, 5.74) is 5.28. The number of hydrogen-bond acceptors (Lipinski definition) is 3. The van der Waals surface area contributed by atoms with E-state index in [2.05, 4.69) is 11.8 Å². The number of phenols is 1. The molecule has 0 aromatic heterocycles. The first-order chi connectivity index (χ1) is 6.63. The standard InChI is InChI=1S/C10H9NO3/c1-14-9-4-3-8(12)6-7(9)2-5-10(11)13/h3-4,6,12H,1H3,(H2,11,13). The molecule has 14 heavy (non-hydrogen) atoms. The number of primary amides is 1. The van der Waals surface area contributed by atoms with Crippen LogP contribution >= 0.6 is 0 Å². The van der Waals surface area contributed by atoms with Gasteiger partial charge < -0.3 is 15.6 Å². The van der Waals surface area contributed by atoms with Crippen LogP contribution < -0.4 is 10.5 Å². The SMILES string of the molecule is COc1ccc(O)cc1C#CC(N)=O. The van der Waals surface area contributed by atoms with Crippen LogP contribution in [0.3, 0.4) is 0 Å². The third kappa shape index (κ3) is 2.42. The molecule has 0 fully saturated rings. The van der Waals surface area contributed by atoms with Crippen molar-refractivity contribution in [1.29, 1.82) is 0 Å². The van der Waals surface area contributed by atoms with Gasteiger partial charge in [0.2, 0.25) is 0 Å². The number of methoxy groups -OCH3 is 1. The van der Waals surface area contributed by atoms with Gasteiger partial charge in [-0.2, -0.15) is 0 Å². The zero-order chi connectivity index (χ0) is 10.6. The van der Waals surface area contributed by atoms with Gasteiger partial charge >= 0.3 is 0 Å². The van der Waals surface area contributed by atoms with E-state index in [1.165, 1.54) is 19.2 Å². The molecule has 0 bridgehead atoms. The van der Waals surface area contributed by atoms with Gasteiger partial charge in [0.1, 0.15) is 11.5 Å². The van der Waals surface area contributed by atoms with E-state index < -0.39 is 5.91 Å². The maximum atomic E-state index is 10.4. The Morgan fingerprint density at radius 2 is 2.29 bits per heavy atom. The van der Waals surface area contributed by atoms with Crippen molar-refractivity contribution in [1.82, 2.24) is 0 Å². The fraction of sp³-hybridized carbons (Fsp3) is 0.100. The lowest BCUT2D eigenvalue weighted by molar-refractivity contribution is -0.112. The highest BCUT2D eigenvalue weighted by atomic mass is 16.5. The van der Waals surface area contributed by atoms with Crippen LogP contribution in [0.4, 0.5) is 0 Å². The Bertz CT molecular complexity index is 415. The normalized spacial score (nSPS) is 8.64. The number of carbonyl (C=O) groups excluding carboxylic acids is 1. The Kier molecular flexibility index (Phi) is 2.97. The number of aromatic hydroxyl groups is 1. The van der Waals surface area contributed by atoms with E-state index in [0.29, 0.717) is 11.3 Å². The Hall–Kier alpha value is -2.15. The summed E-state index contributed by atoms with van der Waals surface area (Å²) in [6.45, 7) is 0. The molecule has 0 radical (unpaired) electrons. The van der Waals surface area contributed by atoms with Crippen LogP contribution in [0.15, 0.2) is 18.2 Å². The number of phenolic OH excluding ortho intramolecular Hbond substituents is 1. The van der Waals surface area contributed by atoms with Gasteiger partial charge in [0, 0.05) is 5.92 Å². The third-order valence-electron chi connectivity index (χ3n) is 1.50. The monoisotopic (exact) mass is 191 g/mol.